The second-order valence-electron chi connectivity index (χ2n) is 8.77. The topological polar surface area (TPSA) is 66.9 Å². The van der Waals surface area contributed by atoms with E-state index < -0.39 is 0 Å². The van der Waals surface area contributed by atoms with Crippen LogP contribution in [0, 0.1) is 12.3 Å². The van der Waals surface area contributed by atoms with Gasteiger partial charge in [-0.3, -0.25) is 4.79 Å². The minimum atomic E-state index is -0.113. The van der Waals surface area contributed by atoms with Gasteiger partial charge in [-0.2, -0.15) is 4.98 Å². The number of rotatable bonds is 5. The highest BCUT2D eigenvalue weighted by Crippen LogP contribution is 2.38. The van der Waals surface area contributed by atoms with Gasteiger partial charge in [0.15, 0.2) is 5.78 Å². The molecule has 0 fully saturated rings. The van der Waals surface area contributed by atoms with Crippen molar-refractivity contribution in [3.05, 3.63) is 70.9 Å². The smallest absolute Gasteiger partial charge is 0.229 e. The molecule has 154 valence electrons. The number of ketones is 1. The SMILES string of the molecule is CCc1ccc(Nc2nc3c(c(Nc4ccccc4C)n2)C(=O)CC(C)(C)C3)cc1. The number of aromatic nitrogens is 2. The quantitative estimate of drug-likeness (QED) is 0.551. The predicted octanol–water partition coefficient (Wildman–Crippen LogP) is 5.99. The molecule has 5 nitrogen and oxygen atoms in total. The zero-order valence-corrected chi connectivity index (χ0v) is 18.0. The van der Waals surface area contributed by atoms with Crippen LogP contribution in [0.1, 0.15) is 54.4 Å². The molecule has 0 saturated carbocycles. The average molecular weight is 401 g/mol. The second-order valence-corrected chi connectivity index (χ2v) is 8.77. The van der Waals surface area contributed by atoms with Crippen LogP contribution in [0.2, 0.25) is 0 Å². The van der Waals surface area contributed by atoms with Crippen LogP contribution in [0.25, 0.3) is 0 Å². The molecule has 0 saturated heterocycles. The Morgan fingerprint density at radius 1 is 0.967 bits per heavy atom. The van der Waals surface area contributed by atoms with Gasteiger partial charge in [-0.1, -0.05) is 51.1 Å². The number of fused-ring (bicyclic) bond motifs is 1. The van der Waals surface area contributed by atoms with Gasteiger partial charge in [-0.25, -0.2) is 4.98 Å². The highest BCUT2D eigenvalue weighted by Gasteiger charge is 2.35. The van der Waals surface area contributed by atoms with Crippen LogP contribution in [-0.4, -0.2) is 15.8 Å². The second kappa shape index (κ2) is 7.90. The van der Waals surface area contributed by atoms with Crippen molar-refractivity contribution < 1.29 is 4.79 Å². The summed E-state index contributed by atoms with van der Waals surface area (Å²) in [6, 6.07) is 16.3. The Bertz CT molecular complexity index is 1090. The van der Waals surface area contributed by atoms with Crippen LogP contribution in [0.4, 0.5) is 23.1 Å². The summed E-state index contributed by atoms with van der Waals surface area (Å²) in [5, 5.41) is 6.71. The number of carbonyl (C=O) groups is 1. The molecule has 2 N–H and O–H groups in total. The highest BCUT2D eigenvalue weighted by molar-refractivity contribution is 6.03. The summed E-state index contributed by atoms with van der Waals surface area (Å²) >= 11 is 0. The summed E-state index contributed by atoms with van der Waals surface area (Å²) in [6.45, 7) is 8.40. The number of anilines is 4. The van der Waals surface area contributed by atoms with Crippen molar-refractivity contribution in [2.45, 2.75) is 47.0 Å². The standard InChI is InChI=1S/C25H28N4O/c1-5-17-10-12-18(13-11-17)26-24-28-20-14-25(3,4)15-21(30)22(20)23(29-24)27-19-9-7-6-8-16(19)2/h6-13H,5,14-15H2,1-4H3,(H2,26,27,28,29). The van der Waals surface area contributed by atoms with Gasteiger partial charge in [-0.15, -0.1) is 0 Å². The Morgan fingerprint density at radius 2 is 1.70 bits per heavy atom. The van der Waals surface area contributed by atoms with Crippen molar-refractivity contribution >= 4 is 28.9 Å². The lowest BCUT2D eigenvalue weighted by Gasteiger charge is -2.30. The molecule has 0 unspecified atom stereocenters. The first-order valence-corrected chi connectivity index (χ1v) is 10.5. The minimum Gasteiger partial charge on any atom is -0.339 e. The van der Waals surface area contributed by atoms with E-state index in [4.69, 9.17) is 9.97 Å². The maximum absolute atomic E-state index is 13.0. The number of para-hydroxylation sites is 1. The van der Waals surface area contributed by atoms with E-state index in [-0.39, 0.29) is 11.2 Å². The summed E-state index contributed by atoms with van der Waals surface area (Å²) in [6.07, 6.45) is 2.23. The summed E-state index contributed by atoms with van der Waals surface area (Å²) in [7, 11) is 0. The van der Waals surface area contributed by atoms with Gasteiger partial charge in [0.25, 0.3) is 0 Å². The van der Waals surface area contributed by atoms with Crippen LogP contribution >= 0.6 is 0 Å². The third kappa shape index (κ3) is 4.20. The summed E-state index contributed by atoms with van der Waals surface area (Å²) in [5.41, 5.74) is 5.54. The summed E-state index contributed by atoms with van der Waals surface area (Å²) in [4.78, 5) is 22.4. The third-order valence-corrected chi connectivity index (χ3v) is 5.56. The molecule has 0 spiro atoms. The highest BCUT2D eigenvalue weighted by atomic mass is 16.1. The van der Waals surface area contributed by atoms with E-state index >= 15 is 0 Å². The number of aryl methyl sites for hydroxylation is 2. The van der Waals surface area contributed by atoms with Gasteiger partial charge < -0.3 is 10.6 Å². The van der Waals surface area contributed by atoms with Crippen molar-refractivity contribution in [1.82, 2.24) is 9.97 Å². The van der Waals surface area contributed by atoms with E-state index in [2.05, 4.69) is 43.5 Å². The van der Waals surface area contributed by atoms with E-state index in [1.54, 1.807) is 0 Å². The Kier molecular flexibility index (Phi) is 5.29. The number of nitrogens with zero attached hydrogens (tertiary/aromatic N) is 2. The van der Waals surface area contributed by atoms with Crippen molar-refractivity contribution in [3.63, 3.8) is 0 Å². The lowest BCUT2D eigenvalue weighted by Crippen LogP contribution is -2.29. The van der Waals surface area contributed by atoms with Crippen LogP contribution in [0.15, 0.2) is 48.5 Å². The number of benzene rings is 2. The van der Waals surface area contributed by atoms with Gasteiger partial charge in [0, 0.05) is 17.8 Å². The largest absolute Gasteiger partial charge is 0.339 e. The first-order valence-electron chi connectivity index (χ1n) is 10.5. The van der Waals surface area contributed by atoms with E-state index in [9.17, 15) is 4.79 Å². The molecule has 30 heavy (non-hydrogen) atoms. The Balaban J connectivity index is 1.76. The molecule has 1 aliphatic carbocycles. The van der Waals surface area contributed by atoms with Gasteiger partial charge in [0.2, 0.25) is 5.95 Å². The minimum absolute atomic E-state index is 0.0937. The predicted molar refractivity (Wildman–Crippen MR) is 122 cm³/mol. The number of hydrogen-bond donors (Lipinski definition) is 2. The van der Waals surface area contributed by atoms with Gasteiger partial charge in [-0.05, 0) is 54.5 Å². The molecule has 1 heterocycles. The van der Waals surface area contributed by atoms with E-state index in [0.717, 1.165) is 35.5 Å². The first-order chi connectivity index (χ1) is 14.3. The molecular formula is C25H28N4O. The maximum Gasteiger partial charge on any atom is 0.229 e. The monoisotopic (exact) mass is 400 g/mol. The van der Waals surface area contributed by atoms with Crippen LogP contribution < -0.4 is 10.6 Å². The van der Waals surface area contributed by atoms with Gasteiger partial charge in [0.05, 0.1) is 11.3 Å². The number of carbonyl (C=O) groups excluding carboxylic acids is 1. The number of nitrogens with one attached hydrogen (secondary N) is 2. The molecule has 0 aliphatic heterocycles. The molecule has 0 amide bonds. The molecule has 1 aliphatic rings. The van der Waals surface area contributed by atoms with Crippen molar-refractivity contribution in [2.24, 2.45) is 5.41 Å². The van der Waals surface area contributed by atoms with Gasteiger partial charge >= 0.3 is 0 Å². The molecule has 0 radical (unpaired) electrons. The molecule has 0 bridgehead atoms. The summed E-state index contributed by atoms with van der Waals surface area (Å²) in [5.74, 6) is 1.17. The Labute approximate surface area is 178 Å². The van der Waals surface area contributed by atoms with Crippen LogP contribution in [0.5, 0.6) is 0 Å². The van der Waals surface area contributed by atoms with Crippen molar-refractivity contribution in [2.75, 3.05) is 10.6 Å². The zero-order valence-electron chi connectivity index (χ0n) is 18.0. The lowest BCUT2D eigenvalue weighted by atomic mass is 9.75. The van der Waals surface area contributed by atoms with Crippen molar-refractivity contribution in [3.8, 4) is 0 Å². The number of Topliss-reactive ketones (excluding diaryl/α,β-unsaturated/α-hetero) is 1. The van der Waals surface area contributed by atoms with Gasteiger partial charge in [0.1, 0.15) is 5.82 Å². The molecule has 4 rings (SSSR count). The van der Waals surface area contributed by atoms with Crippen LogP contribution in [0.3, 0.4) is 0 Å². The van der Waals surface area contributed by atoms with Crippen LogP contribution in [-0.2, 0) is 12.8 Å². The lowest BCUT2D eigenvalue weighted by molar-refractivity contribution is 0.0911. The van der Waals surface area contributed by atoms with Crippen molar-refractivity contribution in [1.29, 1.82) is 0 Å². The van der Waals surface area contributed by atoms with E-state index in [1.807, 2.05) is 43.3 Å². The molecule has 3 aromatic rings. The third-order valence-electron chi connectivity index (χ3n) is 5.56. The van der Waals surface area contributed by atoms with E-state index in [0.29, 0.717) is 23.8 Å². The first kappa shape index (κ1) is 20.1. The van der Waals surface area contributed by atoms with E-state index in [1.165, 1.54) is 5.56 Å². The zero-order chi connectivity index (χ0) is 21.3. The Morgan fingerprint density at radius 3 is 2.40 bits per heavy atom. The fraction of sp³-hybridized carbons (Fsp3) is 0.320. The molecule has 1 aromatic heterocycles. The molecule has 0 atom stereocenters. The Hall–Kier alpha value is -3.21. The molecular weight excluding hydrogens is 372 g/mol. The summed E-state index contributed by atoms with van der Waals surface area (Å²) < 4.78 is 0. The molecule has 5 heteroatoms. The molecule has 2 aromatic carbocycles. The maximum atomic E-state index is 13.0. The number of hydrogen-bond acceptors (Lipinski definition) is 5. The normalized spacial score (nSPS) is 14.9. The fourth-order valence-electron chi connectivity index (χ4n) is 3.91. The average Bonchev–Trinajstić information content (AvgIpc) is 2.69. The fourth-order valence-corrected chi connectivity index (χ4v) is 3.91.